The van der Waals surface area contributed by atoms with Gasteiger partial charge in [0.05, 0.1) is 6.04 Å². The molecule has 6 rings (SSSR count). The third-order valence-corrected chi connectivity index (χ3v) is 10.9. The Hall–Kier alpha value is -3.54. The van der Waals surface area contributed by atoms with Crippen molar-refractivity contribution in [3.05, 3.63) is 89.2 Å². The number of carboxylic acid groups (broad SMARTS) is 1. The molecule has 0 aliphatic heterocycles. The van der Waals surface area contributed by atoms with Gasteiger partial charge in [0.15, 0.2) is 0 Å². The molecule has 0 radical (unpaired) electrons. The maximum Gasteiger partial charge on any atom is 0.511 e. The van der Waals surface area contributed by atoms with Crippen LogP contribution in [0.25, 0.3) is 0 Å². The van der Waals surface area contributed by atoms with Gasteiger partial charge in [-0.3, -0.25) is 4.79 Å². The van der Waals surface area contributed by atoms with E-state index in [1.807, 2.05) is 48.5 Å². The number of rotatable bonds is 5. The van der Waals surface area contributed by atoms with Crippen LogP contribution in [0.5, 0.6) is 5.75 Å². The van der Waals surface area contributed by atoms with E-state index >= 15 is 0 Å². The first-order valence-corrected chi connectivity index (χ1v) is 14.7. The predicted molar refractivity (Wildman–Crippen MR) is 152 cm³/mol. The number of nitrogens with one attached hydrogen (secondary N) is 1. The lowest BCUT2D eigenvalue weighted by molar-refractivity contribution is -0.132. The van der Waals surface area contributed by atoms with Gasteiger partial charge in [-0.1, -0.05) is 62.4 Å². The van der Waals surface area contributed by atoms with Crippen LogP contribution in [-0.4, -0.2) is 22.3 Å². The van der Waals surface area contributed by atoms with Crippen molar-refractivity contribution in [2.75, 3.05) is 0 Å². The van der Waals surface area contributed by atoms with Crippen molar-refractivity contribution in [3.8, 4) is 5.75 Å². The van der Waals surface area contributed by atoms with Crippen LogP contribution in [-0.2, 0) is 9.53 Å². The SMILES string of the molecule is C[C@]12CC[C@H]3[C@@H](CC=C4C=C(OC(=O)O)CC[C@@]43C)[C@@H]1CC[C@@H]2C(=O)NC(c1ccccc1)c1ccc(O)cc1. The van der Waals surface area contributed by atoms with Gasteiger partial charge in [0.25, 0.3) is 0 Å². The van der Waals surface area contributed by atoms with Gasteiger partial charge in [0, 0.05) is 12.3 Å². The Morgan fingerprint density at radius 1 is 0.950 bits per heavy atom. The second-order valence-corrected chi connectivity index (χ2v) is 12.8. The number of allylic oxidation sites excluding steroid dienone is 4. The topological polar surface area (TPSA) is 95.9 Å². The summed E-state index contributed by atoms with van der Waals surface area (Å²) < 4.78 is 5.03. The van der Waals surface area contributed by atoms with Crippen LogP contribution < -0.4 is 5.32 Å². The number of benzene rings is 2. The molecule has 2 aromatic carbocycles. The first-order chi connectivity index (χ1) is 19.2. The van der Waals surface area contributed by atoms with E-state index in [2.05, 4.69) is 25.2 Å². The summed E-state index contributed by atoms with van der Waals surface area (Å²) in [6, 6.07) is 16.9. The highest BCUT2D eigenvalue weighted by Gasteiger charge is 2.59. The summed E-state index contributed by atoms with van der Waals surface area (Å²) in [7, 11) is 0. The second kappa shape index (κ2) is 10.1. The van der Waals surface area contributed by atoms with Crippen molar-refractivity contribution in [2.45, 2.75) is 64.8 Å². The molecule has 6 nitrogen and oxygen atoms in total. The van der Waals surface area contributed by atoms with Crippen LogP contribution in [0.15, 0.2) is 78.1 Å². The smallest absolute Gasteiger partial charge is 0.508 e. The van der Waals surface area contributed by atoms with Crippen LogP contribution in [0.3, 0.4) is 0 Å². The fourth-order valence-electron chi connectivity index (χ4n) is 8.84. The lowest BCUT2D eigenvalue weighted by Gasteiger charge is -2.56. The van der Waals surface area contributed by atoms with Crippen molar-refractivity contribution < 1.29 is 24.5 Å². The molecule has 1 amide bonds. The van der Waals surface area contributed by atoms with E-state index in [9.17, 15) is 14.7 Å². The largest absolute Gasteiger partial charge is 0.511 e. The molecule has 0 aromatic heterocycles. The zero-order valence-electron chi connectivity index (χ0n) is 23.3. The Morgan fingerprint density at radius 3 is 2.40 bits per heavy atom. The summed E-state index contributed by atoms with van der Waals surface area (Å²) in [6.07, 6.45) is 9.64. The molecule has 6 heteroatoms. The summed E-state index contributed by atoms with van der Waals surface area (Å²) in [6.45, 7) is 4.71. The Morgan fingerprint density at radius 2 is 1.68 bits per heavy atom. The molecule has 0 saturated heterocycles. The lowest BCUT2D eigenvalue weighted by atomic mass is 9.48. The maximum atomic E-state index is 14.1. The molecular formula is C34H39NO5. The van der Waals surface area contributed by atoms with Crippen molar-refractivity contribution in [1.82, 2.24) is 5.32 Å². The first-order valence-electron chi connectivity index (χ1n) is 14.7. The fraction of sp³-hybridized carbons (Fsp3) is 0.471. The molecule has 2 saturated carbocycles. The van der Waals surface area contributed by atoms with E-state index in [1.54, 1.807) is 12.1 Å². The van der Waals surface area contributed by atoms with E-state index in [0.29, 0.717) is 29.9 Å². The van der Waals surface area contributed by atoms with E-state index < -0.39 is 6.16 Å². The van der Waals surface area contributed by atoms with E-state index in [0.717, 1.165) is 49.7 Å². The summed E-state index contributed by atoms with van der Waals surface area (Å²) in [4.78, 5) is 25.2. The van der Waals surface area contributed by atoms with Gasteiger partial charge >= 0.3 is 6.16 Å². The number of phenolic OH excluding ortho intramolecular Hbond substituents is 1. The van der Waals surface area contributed by atoms with Crippen LogP contribution in [0, 0.1) is 34.5 Å². The number of hydrogen-bond donors (Lipinski definition) is 3. The molecule has 7 atom stereocenters. The highest BCUT2D eigenvalue weighted by Crippen LogP contribution is 2.66. The first kappa shape index (κ1) is 26.7. The molecule has 0 bridgehead atoms. The minimum absolute atomic E-state index is 0.0211. The Kier molecular flexibility index (Phi) is 6.76. The van der Waals surface area contributed by atoms with Crippen molar-refractivity contribution >= 4 is 12.1 Å². The Balaban J connectivity index is 1.23. The molecular weight excluding hydrogens is 502 g/mol. The van der Waals surface area contributed by atoms with E-state index in [-0.39, 0.29) is 34.4 Å². The number of carbonyl (C=O) groups is 2. The highest BCUT2D eigenvalue weighted by atomic mass is 16.7. The molecule has 0 heterocycles. The normalized spacial score (nSPS) is 33.4. The zero-order valence-corrected chi connectivity index (χ0v) is 23.3. The van der Waals surface area contributed by atoms with Crippen LogP contribution >= 0.6 is 0 Å². The molecule has 40 heavy (non-hydrogen) atoms. The summed E-state index contributed by atoms with van der Waals surface area (Å²) in [5, 5.41) is 22.3. The van der Waals surface area contributed by atoms with Gasteiger partial charge in [0.1, 0.15) is 11.5 Å². The third-order valence-electron chi connectivity index (χ3n) is 10.9. The fourth-order valence-corrected chi connectivity index (χ4v) is 8.84. The average molecular weight is 542 g/mol. The number of phenols is 1. The minimum Gasteiger partial charge on any atom is -0.508 e. The number of amides is 1. The van der Waals surface area contributed by atoms with Gasteiger partial charge in [0.2, 0.25) is 5.91 Å². The molecule has 0 spiro atoms. The van der Waals surface area contributed by atoms with Crippen molar-refractivity contribution in [3.63, 3.8) is 0 Å². The molecule has 4 aliphatic carbocycles. The average Bonchev–Trinajstić information content (AvgIpc) is 3.30. The van der Waals surface area contributed by atoms with Gasteiger partial charge in [-0.25, -0.2) is 4.79 Å². The predicted octanol–water partition coefficient (Wildman–Crippen LogP) is 7.37. The summed E-state index contributed by atoms with van der Waals surface area (Å²) in [5.41, 5.74) is 3.18. The lowest BCUT2D eigenvalue weighted by Crippen LogP contribution is -2.51. The molecule has 1 unspecified atom stereocenters. The van der Waals surface area contributed by atoms with Gasteiger partial charge in [-0.05, 0) is 102 Å². The van der Waals surface area contributed by atoms with Gasteiger partial charge < -0.3 is 20.3 Å². The molecule has 2 aromatic rings. The second-order valence-electron chi connectivity index (χ2n) is 12.8. The third kappa shape index (κ3) is 4.51. The minimum atomic E-state index is -1.24. The van der Waals surface area contributed by atoms with Gasteiger partial charge in [-0.15, -0.1) is 0 Å². The Labute approximate surface area is 236 Å². The van der Waals surface area contributed by atoms with Crippen molar-refractivity contribution in [1.29, 1.82) is 0 Å². The maximum absolute atomic E-state index is 14.1. The highest BCUT2D eigenvalue weighted by molar-refractivity contribution is 5.81. The van der Waals surface area contributed by atoms with Crippen LogP contribution in [0.2, 0.25) is 0 Å². The van der Waals surface area contributed by atoms with Gasteiger partial charge in [-0.2, -0.15) is 0 Å². The Bertz CT molecular complexity index is 1350. The summed E-state index contributed by atoms with van der Waals surface area (Å²) >= 11 is 0. The monoisotopic (exact) mass is 541 g/mol. The summed E-state index contributed by atoms with van der Waals surface area (Å²) in [5.74, 6) is 2.39. The van der Waals surface area contributed by atoms with Crippen molar-refractivity contribution in [2.24, 2.45) is 34.5 Å². The van der Waals surface area contributed by atoms with E-state index in [1.165, 1.54) is 5.57 Å². The van der Waals surface area contributed by atoms with E-state index in [4.69, 9.17) is 9.84 Å². The van der Waals surface area contributed by atoms with Crippen LogP contribution in [0.4, 0.5) is 4.79 Å². The number of fused-ring (bicyclic) bond motifs is 5. The quantitative estimate of drug-likeness (QED) is 0.344. The zero-order chi connectivity index (χ0) is 28.1. The molecule has 4 aliphatic rings. The standard InChI is InChI=1S/C34H39NO5/c1-33-18-16-25(40-32(38)39)20-23(33)10-13-26-27-14-15-29(34(27,2)19-17-28(26)33)31(37)35-30(21-6-4-3-5-7-21)22-8-11-24(36)12-9-22/h3-12,20,26-30,36H,13-19H2,1-2H3,(H,35,37)(H,38,39)/t26-,27-,28-,29+,30?,33-,34-/m0/s1. The number of aromatic hydroxyl groups is 1. The number of ether oxygens (including phenoxy) is 1. The van der Waals surface area contributed by atoms with Crippen LogP contribution in [0.1, 0.15) is 76.0 Å². The molecule has 210 valence electrons. The number of carbonyl (C=O) groups excluding carboxylic acids is 1. The molecule has 3 N–H and O–H groups in total. The number of hydrogen-bond acceptors (Lipinski definition) is 4. The molecule has 2 fully saturated rings.